The highest BCUT2D eigenvalue weighted by atomic mass is 16.3. The lowest BCUT2D eigenvalue weighted by Gasteiger charge is -2.38. The Kier molecular flexibility index (Phi) is 4.25. The highest BCUT2D eigenvalue weighted by Crippen LogP contribution is 2.24. The Morgan fingerprint density at radius 3 is 2.83 bits per heavy atom. The van der Waals surface area contributed by atoms with Gasteiger partial charge in [0.25, 0.3) is 0 Å². The van der Waals surface area contributed by atoms with Crippen molar-refractivity contribution in [3.8, 4) is 0 Å². The number of rotatable bonds is 4. The average molecular weight is 312 g/mol. The van der Waals surface area contributed by atoms with E-state index in [9.17, 15) is 9.90 Å². The van der Waals surface area contributed by atoms with E-state index >= 15 is 0 Å². The summed E-state index contributed by atoms with van der Waals surface area (Å²) in [6.07, 6.45) is 3.89. The van der Waals surface area contributed by atoms with E-state index in [0.717, 1.165) is 10.9 Å². The first-order chi connectivity index (χ1) is 11.1. The molecule has 6 nitrogen and oxygen atoms in total. The van der Waals surface area contributed by atoms with Gasteiger partial charge >= 0.3 is 0 Å². The third-order valence-electron chi connectivity index (χ3n) is 4.31. The number of fused-ring (bicyclic) bond motifs is 1. The van der Waals surface area contributed by atoms with Crippen LogP contribution in [0.5, 0.6) is 0 Å². The lowest BCUT2D eigenvalue weighted by atomic mass is 9.91. The SMILES string of the molecule is C=CC(=O)N1CCC(O)(CNc2ncnc3ccccc23)CC1. The van der Waals surface area contributed by atoms with Gasteiger partial charge in [-0.05, 0) is 31.1 Å². The number of anilines is 1. The quantitative estimate of drug-likeness (QED) is 0.838. The van der Waals surface area contributed by atoms with E-state index in [1.807, 2.05) is 24.3 Å². The first kappa shape index (κ1) is 15.4. The molecule has 0 saturated carbocycles. The topological polar surface area (TPSA) is 78.4 Å². The lowest BCUT2D eigenvalue weighted by Crippen LogP contribution is -2.49. The van der Waals surface area contributed by atoms with Gasteiger partial charge in [-0.25, -0.2) is 9.97 Å². The molecule has 2 aromatic rings. The molecule has 3 rings (SSSR count). The molecular weight excluding hydrogens is 292 g/mol. The normalized spacial score (nSPS) is 17.0. The van der Waals surface area contributed by atoms with E-state index in [1.54, 1.807) is 4.90 Å². The van der Waals surface area contributed by atoms with Gasteiger partial charge in [-0.3, -0.25) is 4.79 Å². The second-order valence-corrected chi connectivity index (χ2v) is 5.85. The van der Waals surface area contributed by atoms with Crippen LogP contribution in [-0.2, 0) is 4.79 Å². The van der Waals surface area contributed by atoms with Crippen molar-refractivity contribution in [3.63, 3.8) is 0 Å². The zero-order valence-electron chi connectivity index (χ0n) is 12.9. The molecule has 6 heteroatoms. The van der Waals surface area contributed by atoms with Gasteiger partial charge in [-0.1, -0.05) is 18.7 Å². The van der Waals surface area contributed by atoms with Crippen LogP contribution < -0.4 is 5.32 Å². The smallest absolute Gasteiger partial charge is 0.245 e. The summed E-state index contributed by atoms with van der Waals surface area (Å²) in [4.78, 5) is 21.8. The number of nitrogens with one attached hydrogen (secondary N) is 1. The Bertz CT molecular complexity index is 718. The molecule has 120 valence electrons. The molecule has 1 aromatic heterocycles. The van der Waals surface area contributed by atoms with Crippen molar-refractivity contribution < 1.29 is 9.90 Å². The third kappa shape index (κ3) is 3.32. The molecule has 1 aliphatic heterocycles. The zero-order valence-corrected chi connectivity index (χ0v) is 12.9. The van der Waals surface area contributed by atoms with Crippen molar-refractivity contribution >= 4 is 22.6 Å². The summed E-state index contributed by atoms with van der Waals surface area (Å²) in [6, 6.07) is 7.74. The lowest BCUT2D eigenvalue weighted by molar-refractivity contribution is -0.129. The molecule has 2 heterocycles. The number of amides is 1. The first-order valence-corrected chi connectivity index (χ1v) is 7.69. The fourth-order valence-corrected chi connectivity index (χ4v) is 2.84. The predicted molar refractivity (Wildman–Crippen MR) is 89.0 cm³/mol. The van der Waals surface area contributed by atoms with Crippen LogP contribution in [0.2, 0.25) is 0 Å². The number of nitrogens with zero attached hydrogens (tertiary/aromatic N) is 3. The molecule has 1 fully saturated rings. The van der Waals surface area contributed by atoms with Crippen molar-refractivity contribution in [2.45, 2.75) is 18.4 Å². The van der Waals surface area contributed by atoms with Gasteiger partial charge in [-0.2, -0.15) is 0 Å². The van der Waals surface area contributed by atoms with Crippen molar-refractivity contribution in [2.75, 3.05) is 25.0 Å². The number of carbonyl (C=O) groups excluding carboxylic acids is 1. The van der Waals surface area contributed by atoms with Gasteiger partial charge in [0.15, 0.2) is 0 Å². The maximum atomic E-state index is 11.6. The molecule has 0 unspecified atom stereocenters. The standard InChI is InChI=1S/C17H20N4O2/c1-2-15(22)21-9-7-17(23,8-10-21)11-18-16-13-5-3-4-6-14(13)19-12-20-16/h2-6,12,23H,1,7-11H2,(H,18,19,20). The highest BCUT2D eigenvalue weighted by Gasteiger charge is 2.33. The van der Waals surface area contributed by atoms with E-state index in [1.165, 1.54) is 12.4 Å². The number of hydrogen-bond donors (Lipinski definition) is 2. The predicted octanol–water partition coefficient (Wildman–Crippen LogP) is 1.58. The number of aliphatic hydroxyl groups is 1. The van der Waals surface area contributed by atoms with Crippen LogP contribution in [0.15, 0.2) is 43.2 Å². The van der Waals surface area contributed by atoms with Crippen LogP contribution in [0, 0.1) is 0 Å². The fourth-order valence-electron chi connectivity index (χ4n) is 2.84. The summed E-state index contributed by atoms with van der Waals surface area (Å²) in [7, 11) is 0. The average Bonchev–Trinajstić information content (AvgIpc) is 2.60. The van der Waals surface area contributed by atoms with Crippen LogP contribution in [0.1, 0.15) is 12.8 Å². The van der Waals surface area contributed by atoms with Crippen molar-refractivity contribution in [3.05, 3.63) is 43.2 Å². The van der Waals surface area contributed by atoms with E-state index < -0.39 is 5.60 Å². The Labute approximate surface area is 134 Å². The molecule has 1 aromatic carbocycles. The van der Waals surface area contributed by atoms with E-state index in [0.29, 0.717) is 38.3 Å². The molecule has 1 saturated heterocycles. The van der Waals surface area contributed by atoms with E-state index in [4.69, 9.17) is 0 Å². The van der Waals surface area contributed by atoms with Gasteiger partial charge in [0.1, 0.15) is 12.1 Å². The van der Waals surface area contributed by atoms with Gasteiger partial charge in [0.2, 0.25) is 5.91 Å². The van der Waals surface area contributed by atoms with Gasteiger partial charge in [0, 0.05) is 25.0 Å². The number of aromatic nitrogens is 2. The molecular formula is C17H20N4O2. The van der Waals surface area contributed by atoms with E-state index in [-0.39, 0.29) is 5.91 Å². The fraction of sp³-hybridized carbons (Fsp3) is 0.353. The van der Waals surface area contributed by atoms with Crippen molar-refractivity contribution in [2.24, 2.45) is 0 Å². The maximum Gasteiger partial charge on any atom is 0.245 e. The van der Waals surface area contributed by atoms with E-state index in [2.05, 4.69) is 21.9 Å². The van der Waals surface area contributed by atoms with Crippen LogP contribution >= 0.6 is 0 Å². The summed E-state index contributed by atoms with van der Waals surface area (Å²) in [5.41, 5.74) is 0.0210. The molecule has 0 atom stereocenters. The van der Waals surface area contributed by atoms with Crippen LogP contribution in [0.25, 0.3) is 10.9 Å². The summed E-state index contributed by atoms with van der Waals surface area (Å²) in [5.74, 6) is 0.635. The van der Waals surface area contributed by atoms with Crippen LogP contribution in [0.4, 0.5) is 5.82 Å². The number of para-hydroxylation sites is 1. The van der Waals surface area contributed by atoms with Gasteiger partial charge in [-0.15, -0.1) is 0 Å². The van der Waals surface area contributed by atoms with Crippen molar-refractivity contribution in [1.29, 1.82) is 0 Å². The third-order valence-corrected chi connectivity index (χ3v) is 4.31. The minimum absolute atomic E-state index is 0.0817. The first-order valence-electron chi connectivity index (χ1n) is 7.69. The summed E-state index contributed by atoms with van der Waals surface area (Å²) in [5, 5.41) is 14.9. The Balaban J connectivity index is 1.66. The molecule has 0 aliphatic carbocycles. The highest BCUT2D eigenvalue weighted by molar-refractivity contribution is 5.88. The Morgan fingerprint density at radius 1 is 1.35 bits per heavy atom. The number of benzene rings is 1. The minimum Gasteiger partial charge on any atom is -0.388 e. The summed E-state index contributed by atoms with van der Waals surface area (Å²) >= 11 is 0. The number of hydrogen-bond acceptors (Lipinski definition) is 5. The Hall–Kier alpha value is -2.47. The molecule has 1 aliphatic rings. The zero-order chi connectivity index (χ0) is 16.3. The van der Waals surface area contributed by atoms with Gasteiger partial charge < -0.3 is 15.3 Å². The minimum atomic E-state index is -0.843. The maximum absolute atomic E-state index is 11.6. The van der Waals surface area contributed by atoms with Gasteiger partial charge in [0.05, 0.1) is 11.1 Å². The molecule has 23 heavy (non-hydrogen) atoms. The summed E-state index contributed by atoms with van der Waals surface area (Å²) < 4.78 is 0. The summed E-state index contributed by atoms with van der Waals surface area (Å²) in [6.45, 7) is 4.96. The number of carbonyl (C=O) groups is 1. The van der Waals surface area contributed by atoms with Crippen LogP contribution in [0.3, 0.4) is 0 Å². The Morgan fingerprint density at radius 2 is 2.09 bits per heavy atom. The number of likely N-dealkylation sites (tertiary alicyclic amines) is 1. The van der Waals surface area contributed by atoms with Crippen molar-refractivity contribution in [1.82, 2.24) is 14.9 Å². The molecule has 0 radical (unpaired) electrons. The number of piperidine rings is 1. The second-order valence-electron chi connectivity index (χ2n) is 5.85. The largest absolute Gasteiger partial charge is 0.388 e. The van der Waals surface area contributed by atoms with Crippen LogP contribution in [-0.4, -0.2) is 51.1 Å². The molecule has 1 amide bonds. The monoisotopic (exact) mass is 312 g/mol. The molecule has 0 spiro atoms. The second kappa shape index (κ2) is 6.34. The molecule has 2 N–H and O–H groups in total. The molecule has 0 bridgehead atoms.